The van der Waals surface area contributed by atoms with Gasteiger partial charge in [-0.25, -0.2) is 4.39 Å². The van der Waals surface area contributed by atoms with Crippen LogP contribution in [0.25, 0.3) is 0 Å². The van der Waals surface area contributed by atoms with E-state index in [1.165, 1.54) is 0 Å². The third kappa shape index (κ3) is 1.97. The molecule has 1 aromatic carbocycles. The molecule has 1 rings (SSSR count). The third-order valence-electron chi connectivity index (χ3n) is 1.20. The van der Waals surface area contributed by atoms with E-state index >= 15 is 0 Å². The van der Waals surface area contributed by atoms with E-state index in [0.717, 1.165) is 12.1 Å². The minimum absolute atomic E-state index is 0.0293. The lowest BCUT2D eigenvalue weighted by molar-refractivity contribution is 0.108. The van der Waals surface area contributed by atoms with Crippen LogP contribution < -0.4 is 0 Å². The normalized spacial score (nSPS) is 10.0. The summed E-state index contributed by atoms with van der Waals surface area (Å²) in [5.74, 6) is -0.591. The second-order valence-corrected chi connectivity index (χ2v) is 3.57. The van der Waals surface area contributed by atoms with Gasteiger partial charge in [-0.3, -0.25) is 4.79 Å². The van der Waals surface area contributed by atoms with E-state index in [2.05, 4.69) is 15.9 Å². The summed E-state index contributed by atoms with van der Waals surface area (Å²) in [4.78, 5) is 10.7. The van der Waals surface area contributed by atoms with Gasteiger partial charge >= 0.3 is 0 Å². The first kappa shape index (κ1) is 9.96. The molecule has 0 heterocycles. The molecule has 0 aliphatic rings. The van der Waals surface area contributed by atoms with Gasteiger partial charge in [0.15, 0.2) is 0 Å². The van der Waals surface area contributed by atoms with Gasteiger partial charge in [-0.2, -0.15) is 0 Å². The summed E-state index contributed by atoms with van der Waals surface area (Å²) >= 11 is 13.7. The van der Waals surface area contributed by atoms with E-state index in [0.29, 0.717) is 4.47 Å². The molecule has 12 heavy (non-hydrogen) atoms. The summed E-state index contributed by atoms with van der Waals surface area (Å²) in [7, 11) is 0. The van der Waals surface area contributed by atoms with Gasteiger partial charge in [0, 0.05) is 4.47 Å². The van der Waals surface area contributed by atoms with Gasteiger partial charge in [-0.1, -0.05) is 11.6 Å². The van der Waals surface area contributed by atoms with E-state index in [1.807, 2.05) is 0 Å². The Hall–Kier alpha value is -0.120. The average Bonchev–Trinajstić information content (AvgIpc) is 1.96. The van der Waals surface area contributed by atoms with E-state index in [9.17, 15) is 9.18 Å². The van der Waals surface area contributed by atoms with Crippen molar-refractivity contribution in [3.63, 3.8) is 0 Å². The fraction of sp³-hybridized carbons (Fsp3) is 0. The first-order chi connectivity index (χ1) is 5.52. The largest absolute Gasteiger partial charge is 0.276 e. The average molecular weight is 272 g/mol. The minimum atomic E-state index is -0.747. The Balaban J connectivity index is 3.37. The highest BCUT2D eigenvalue weighted by atomic mass is 79.9. The topological polar surface area (TPSA) is 17.1 Å². The van der Waals surface area contributed by atoms with Crippen molar-refractivity contribution < 1.29 is 9.18 Å². The molecule has 0 aromatic heterocycles. The standard InChI is InChI=1S/C7H2BrCl2FO/c8-6-4(7(10)12)1-3(11)2-5(6)9/h1-2H. The number of rotatable bonds is 1. The van der Waals surface area contributed by atoms with E-state index in [4.69, 9.17) is 23.2 Å². The summed E-state index contributed by atoms with van der Waals surface area (Å²) in [6.07, 6.45) is 0. The van der Waals surface area contributed by atoms with Crippen molar-refractivity contribution in [2.24, 2.45) is 0 Å². The molecule has 0 saturated heterocycles. The Bertz CT molecular complexity index is 340. The molecule has 0 unspecified atom stereocenters. The quantitative estimate of drug-likeness (QED) is 0.563. The van der Waals surface area contributed by atoms with Crippen molar-refractivity contribution in [1.82, 2.24) is 0 Å². The van der Waals surface area contributed by atoms with E-state index < -0.39 is 11.1 Å². The molecule has 0 aliphatic carbocycles. The van der Waals surface area contributed by atoms with Crippen molar-refractivity contribution in [3.8, 4) is 0 Å². The molecular weight excluding hydrogens is 270 g/mol. The molecule has 1 aromatic rings. The maximum Gasteiger partial charge on any atom is 0.253 e. The highest BCUT2D eigenvalue weighted by Crippen LogP contribution is 2.28. The smallest absolute Gasteiger partial charge is 0.253 e. The Morgan fingerprint density at radius 3 is 2.58 bits per heavy atom. The molecule has 0 radical (unpaired) electrons. The Kier molecular flexibility index (Phi) is 3.09. The van der Waals surface area contributed by atoms with Crippen LogP contribution in [0.5, 0.6) is 0 Å². The molecule has 1 nitrogen and oxygen atoms in total. The molecule has 0 saturated carbocycles. The maximum absolute atomic E-state index is 12.7. The fourth-order valence-corrected chi connectivity index (χ4v) is 1.58. The number of carbonyl (C=O) groups is 1. The van der Waals surface area contributed by atoms with Crippen LogP contribution in [0.4, 0.5) is 4.39 Å². The highest BCUT2D eigenvalue weighted by molar-refractivity contribution is 9.10. The van der Waals surface area contributed by atoms with E-state index in [1.54, 1.807) is 0 Å². The molecule has 0 spiro atoms. The Morgan fingerprint density at radius 1 is 1.50 bits per heavy atom. The molecule has 64 valence electrons. The molecule has 0 fully saturated rings. The first-order valence-electron chi connectivity index (χ1n) is 2.86. The maximum atomic E-state index is 12.7. The molecule has 0 N–H and O–H groups in total. The fourth-order valence-electron chi connectivity index (χ4n) is 0.699. The molecular formula is C7H2BrCl2FO. The SMILES string of the molecule is O=C(Cl)c1cc(F)cc(Cl)c1Br. The predicted molar refractivity (Wildman–Crippen MR) is 49.3 cm³/mol. The van der Waals surface area contributed by atoms with Gasteiger partial charge in [-0.15, -0.1) is 0 Å². The lowest BCUT2D eigenvalue weighted by atomic mass is 10.2. The summed E-state index contributed by atoms with van der Waals surface area (Å²) in [5, 5.41) is -0.623. The second kappa shape index (κ2) is 3.73. The first-order valence-corrected chi connectivity index (χ1v) is 4.41. The van der Waals surface area contributed by atoms with Crippen LogP contribution in [0.3, 0.4) is 0 Å². The van der Waals surface area contributed by atoms with Gasteiger partial charge < -0.3 is 0 Å². The van der Waals surface area contributed by atoms with Crippen molar-refractivity contribution in [2.75, 3.05) is 0 Å². The Labute approximate surface area is 86.6 Å². The van der Waals surface area contributed by atoms with Crippen molar-refractivity contribution in [1.29, 1.82) is 0 Å². The zero-order valence-corrected chi connectivity index (χ0v) is 8.67. The van der Waals surface area contributed by atoms with E-state index in [-0.39, 0.29) is 10.6 Å². The Morgan fingerprint density at radius 2 is 2.08 bits per heavy atom. The van der Waals surface area contributed by atoms with Gasteiger partial charge in [0.25, 0.3) is 5.24 Å². The molecule has 5 heteroatoms. The second-order valence-electron chi connectivity index (χ2n) is 2.02. The lowest BCUT2D eigenvalue weighted by Gasteiger charge is -2.00. The number of halogens is 4. The van der Waals surface area contributed by atoms with Crippen LogP contribution in [0, 0.1) is 5.82 Å². The summed E-state index contributed by atoms with van der Waals surface area (Å²) in [6.45, 7) is 0. The van der Waals surface area contributed by atoms with Gasteiger partial charge in [0.2, 0.25) is 0 Å². The number of hydrogen-bond donors (Lipinski definition) is 0. The van der Waals surface area contributed by atoms with Crippen LogP contribution in [0.15, 0.2) is 16.6 Å². The van der Waals surface area contributed by atoms with Crippen molar-refractivity contribution >= 4 is 44.4 Å². The zero-order chi connectivity index (χ0) is 9.30. The van der Waals surface area contributed by atoms with Crippen molar-refractivity contribution in [3.05, 3.63) is 33.0 Å². The highest BCUT2D eigenvalue weighted by Gasteiger charge is 2.11. The van der Waals surface area contributed by atoms with Gasteiger partial charge in [0.1, 0.15) is 5.82 Å². The summed E-state index contributed by atoms with van der Waals surface area (Å²) in [6, 6.07) is 2.11. The lowest BCUT2D eigenvalue weighted by Crippen LogP contribution is -1.92. The van der Waals surface area contributed by atoms with Crippen LogP contribution in [-0.4, -0.2) is 5.24 Å². The van der Waals surface area contributed by atoms with Crippen LogP contribution in [-0.2, 0) is 0 Å². The van der Waals surface area contributed by atoms with Gasteiger partial charge in [0.05, 0.1) is 10.6 Å². The molecule has 0 atom stereocenters. The molecule has 0 bridgehead atoms. The van der Waals surface area contributed by atoms with Crippen LogP contribution in [0.2, 0.25) is 5.02 Å². The van der Waals surface area contributed by atoms with Crippen molar-refractivity contribution in [2.45, 2.75) is 0 Å². The summed E-state index contributed by atoms with van der Waals surface area (Å²) < 4.78 is 13.0. The monoisotopic (exact) mass is 270 g/mol. The molecule has 0 aliphatic heterocycles. The zero-order valence-electron chi connectivity index (χ0n) is 5.57. The van der Waals surface area contributed by atoms with Gasteiger partial charge in [-0.05, 0) is 39.7 Å². The number of hydrogen-bond acceptors (Lipinski definition) is 1. The minimum Gasteiger partial charge on any atom is -0.276 e. The third-order valence-corrected chi connectivity index (χ3v) is 2.79. The van der Waals surface area contributed by atoms with Crippen LogP contribution >= 0.6 is 39.1 Å². The summed E-state index contributed by atoms with van der Waals surface area (Å²) in [5.41, 5.74) is 0.0293. The molecule has 0 amide bonds. The van der Waals surface area contributed by atoms with Crippen LogP contribution in [0.1, 0.15) is 10.4 Å². The number of carbonyl (C=O) groups excluding carboxylic acids is 1. The number of benzene rings is 1. The predicted octanol–water partition coefficient (Wildman–Crippen LogP) is 3.62.